The molecule has 35 heavy (non-hydrogen) atoms. The number of aliphatic hydroxyl groups is 3. The van der Waals surface area contributed by atoms with E-state index in [1.54, 1.807) is 6.92 Å². The molecule has 0 aromatic carbocycles. The molecule has 0 aliphatic heterocycles. The molecule has 0 bridgehead atoms. The van der Waals surface area contributed by atoms with E-state index in [0.717, 1.165) is 32.8 Å². The Hall–Kier alpha value is -1.70. The van der Waals surface area contributed by atoms with Crippen LogP contribution in [0.15, 0.2) is 23.8 Å². The number of allylic oxidation sites excluding steroid dienone is 4. The van der Waals surface area contributed by atoms with Crippen LogP contribution < -0.4 is 5.32 Å². The van der Waals surface area contributed by atoms with Gasteiger partial charge < -0.3 is 25.7 Å². The highest BCUT2D eigenvalue weighted by Gasteiger charge is 2.32. The van der Waals surface area contributed by atoms with Crippen LogP contribution in [0.4, 0.5) is 0 Å². The van der Waals surface area contributed by atoms with Gasteiger partial charge in [0.25, 0.3) is 0 Å². The van der Waals surface area contributed by atoms with E-state index in [2.05, 4.69) is 37.4 Å². The number of fused-ring (bicyclic) bond motifs is 1. The second kappa shape index (κ2) is 19.5. The van der Waals surface area contributed by atoms with Crippen LogP contribution in [0.2, 0.25) is 0 Å². The summed E-state index contributed by atoms with van der Waals surface area (Å²) in [5.74, 6) is 0.737. The summed E-state index contributed by atoms with van der Waals surface area (Å²) in [6, 6.07) is 0. The number of rotatable bonds is 12. The third kappa shape index (κ3) is 13.8. The van der Waals surface area contributed by atoms with Crippen molar-refractivity contribution in [3.8, 4) is 0 Å². The average molecular weight is 498 g/mol. The number of hydrogen-bond acceptors (Lipinski definition) is 5. The zero-order valence-corrected chi connectivity index (χ0v) is 22.6. The molecule has 7 heteroatoms. The lowest BCUT2D eigenvalue weighted by Crippen LogP contribution is -2.31. The number of nitrogens with one attached hydrogen (secondary N) is 1. The van der Waals surface area contributed by atoms with Crippen LogP contribution in [0.3, 0.4) is 0 Å². The quantitative estimate of drug-likeness (QED) is 0.253. The number of aliphatic hydroxyl groups excluding tert-OH is 3. The smallest absolute Gasteiger partial charge is 0.306 e. The minimum absolute atomic E-state index is 0.0822. The van der Waals surface area contributed by atoms with Gasteiger partial charge in [0, 0.05) is 13.7 Å². The molecule has 5 unspecified atom stereocenters. The lowest BCUT2D eigenvalue weighted by Gasteiger charge is -2.37. The van der Waals surface area contributed by atoms with Gasteiger partial charge in [-0.25, -0.2) is 0 Å². The van der Waals surface area contributed by atoms with E-state index in [4.69, 9.17) is 10.2 Å². The molecule has 1 amide bonds. The van der Waals surface area contributed by atoms with Crippen LogP contribution in [0.25, 0.3) is 0 Å². The number of carboxylic acid groups (broad SMARTS) is 1. The first-order valence-corrected chi connectivity index (χ1v) is 13.4. The zero-order valence-electron chi connectivity index (χ0n) is 22.6. The van der Waals surface area contributed by atoms with Crippen LogP contribution >= 0.6 is 0 Å². The molecule has 0 aromatic heterocycles. The van der Waals surface area contributed by atoms with E-state index in [1.165, 1.54) is 24.8 Å². The Morgan fingerprint density at radius 2 is 1.86 bits per heavy atom. The lowest BCUT2D eigenvalue weighted by atomic mass is 9.68. The van der Waals surface area contributed by atoms with Crippen molar-refractivity contribution in [2.45, 2.75) is 104 Å². The van der Waals surface area contributed by atoms with Crippen molar-refractivity contribution in [2.75, 3.05) is 13.7 Å². The second-order valence-electron chi connectivity index (χ2n) is 9.80. The Morgan fingerprint density at radius 1 is 1.17 bits per heavy atom. The summed E-state index contributed by atoms with van der Waals surface area (Å²) < 4.78 is 0. The highest BCUT2D eigenvalue weighted by molar-refractivity contribution is 5.76. The van der Waals surface area contributed by atoms with Crippen molar-refractivity contribution in [3.63, 3.8) is 0 Å². The minimum atomic E-state index is -0.763. The Labute approximate surface area is 212 Å². The Balaban J connectivity index is 0.00000110. The van der Waals surface area contributed by atoms with Crippen molar-refractivity contribution in [2.24, 2.45) is 23.7 Å². The largest absolute Gasteiger partial charge is 0.481 e. The van der Waals surface area contributed by atoms with E-state index < -0.39 is 18.2 Å². The number of carbonyl (C=O) groups is 2. The van der Waals surface area contributed by atoms with Crippen molar-refractivity contribution >= 4 is 11.9 Å². The fraction of sp³-hybridized carbons (Fsp3) is 0.786. The molecular formula is C28H51NO6. The van der Waals surface area contributed by atoms with Crippen LogP contribution in [-0.4, -0.2) is 58.2 Å². The first-order valence-electron chi connectivity index (χ1n) is 13.4. The molecule has 0 spiro atoms. The zero-order chi connectivity index (χ0) is 26.8. The molecule has 0 saturated carbocycles. The highest BCUT2D eigenvalue weighted by atomic mass is 16.4. The number of hydrogen-bond donors (Lipinski definition) is 5. The van der Waals surface area contributed by atoms with Gasteiger partial charge in [0.15, 0.2) is 0 Å². The van der Waals surface area contributed by atoms with Gasteiger partial charge in [0.05, 0.1) is 24.5 Å². The molecule has 0 aromatic rings. The van der Waals surface area contributed by atoms with Crippen molar-refractivity contribution in [3.05, 3.63) is 23.8 Å². The average Bonchev–Trinajstić information content (AvgIpc) is 2.84. The molecule has 0 saturated heterocycles. The van der Waals surface area contributed by atoms with E-state index >= 15 is 0 Å². The van der Waals surface area contributed by atoms with Gasteiger partial charge in [-0.05, 0) is 74.7 Å². The van der Waals surface area contributed by atoms with Crippen LogP contribution in [-0.2, 0) is 9.59 Å². The maximum Gasteiger partial charge on any atom is 0.306 e. The third-order valence-electron chi connectivity index (χ3n) is 7.00. The van der Waals surface area contributed by atoms with E-state index in [-0.39, 0.29) is 24.7 Å². The number of amides is 1. The van der Waals surface area contributed by atoms with Gasteiger partial charge in [-0.15, -0.1) is 0 Å². The van der Waals surface area contributed by atoms with Gasteiger partial charge in [-0.2, -0.15) is 0 Å². The number of unbranched alkanes of at least 4 members (excludes halogenated alkanes) is 1. The van der Waals surface area contributed by atoms with E-state index in [9.17, 15) is 19.8 Å². The molecule has 0 radical (unpaired) electrons. The van der Waals surface area contributed by atoms with Crippen LogP contribution in [0, 0.1) is 23.7 Å². The predicted molar refractivity (Wildman–Crippen MR) is 141 cm³/mol. The Kier molecular flexibility index (Phi) is 18.5. The van der Waals surface area contributed by atoms with Gasteiger partial charge >= 0.3 is 5.97 Å². The first-order chi connectivity index (χ1) is 16.7. The molecule has 2 rings (SSSR count). The Morgan fingerprint density at radius 3 is 2.43 bits per heavy atom. The molecule has 0 heterocycles. The topological polar surface area (TPSA) is 127 Å². The highest BCUT2D eigenvalue weighted by Crippen LogP contribution is 2.42. The molecule has 0 fully saturated rings. The van der Waals surface area contributed by atoms with Crippen molar-refractivity contribution in [1.82, 2.24) is 5.32 Å². The van der Waals surface area contributed by atoms with Gasteiger partial charge in [-0.3, -0.25) is 9.59 Å². The summed E-state index contributed by atoms with van der Waals surface area (Å²) in [4.78, 5) is 21.7. The fourth-order valence-electron chi connectivity index (χ4n) is 4.58. The standard InChI is InChI=1S/C22H37NO3.C5H10O2.CH4O/c1-3-4-13-23-22(26)15-19(25)14-18(24)11-12-20-16(2)9-10-17-7-5-6-8-21(17)20;1-3-4(2)5(6)7;1-2/h7,9-10,16,18-21,24-25H,3-6,8,11-15H2,1-2H3,(H,23,26);4H,3H2,1-2H3,(H,6,7);2H,1H3/t16?,18-,19?,20?,21?;;/m1../s1. The monoisotopic (exact) mass is 497 g/mol. The number of carboxylic acids is 1. The van der Waals surface area contributed by atoms with E-state index in [1.807, 2.05) is 6.92 Å². The van der Waals surface area contributed by atoms with E-state index in [0.29, 0.717) is 30.7 Å². The molecule has 2 aliphatic rings. The SMILES string of the molecule is CCC(C)C(=O)O.CCCCNC(=O)CC(O)C[C@H](O)CCC1C(C)C=CC2=CCCCC21.CO. The molecular weight excluding hydrogens is 446 g/mol. The minimum Gasteiger partial charge on any atom is -0.481 e. The van der Waals surface area contributed by atoms with Gasteiger partial charge in [0.2, 0.25) is 5.91 Å². The van der Waals surface area contributed by atoms with Crippen LogP contribution in [0.5, 0.6) is 0 Å². The summed E-state index contributed by atoms with van der Waals surface area (Å²) in [7, 11) is 1.00. The number of carbonyl (C=O) groups excluding carboxylic acids is 1. The Bertz CT molecular complexity index is 647. The third-order valence-corrected chi connectivity index (χ3v) is 7.00. The molecule has 2 aliphatic carbocycles. The first kappa shape index (κ1) is 33.3. The molecule has 5 N–H and O–H groups in total. The maximum atomic E-state index is 11.7. The summed E-state index contributed by atoms with van der Waals surface area (Å²) in [6.07, 6.45) is 14.1. The van der Waals surface area contributed by atoms with Crippen molar-refractivity contribution < 1.29 is 30.0 Å². The molecule has 6 atom stereocenters. The predicted octanol–water partition coefficient (Wildman–Crippen LogP) is 4.46. The summed E-state index contributed by atoms with van der Waals surface area (Å²) in [5, 5.41) is 38.4. The number of aliphatic carboxylic acids is 1. The normalized spacial score (nSPS) is 23.2. The molecule has 7 nitrogen and oxygen atoms in total. The summed E-state index contributed by atoms with van der Waals surface area (Å²) in [6.45, 7) is 8.57. The van der Waals surface area contributed by atoms with Gasteiger partial charge in [-0.1, -0.05) is 52.3 Å². The lowest BCUT2D eigenvalue weighted by molar-refractivity contribution is -0.141. The molecule has 204 valence electrons. The van der Waals surface area contributed by atoms with Gasteiger partial charge in [0.1, 0.15) is 0 Å². The summed E-state index contributed by atoms with van der Waals surface area (Å²) in [5.41, 5.74) is 1.48. The second-order valence-corrected chi connectivity index (χ2v) is 9.80. The van der Waals surface area contributed by atoms with Crippen molar-refractivity contribution in [1.29, 1.82) is 0 Å². The van der Waals surface area contributed by atoms with Crippen LogP contribution in [0.1, 0.15) is 91.9 Å². The maximum absolute atomic E-state index is 11.7. The summed E-state index contributed by atoms with van der Waals surface area (Å²) >= 11 is 0. The fourth-order valence-corrected chi connectivity index (χ4v) is 4.58.